The van der Waals surface area contributed by atoms with Crippen LogP contribution in [0, 0.1) is 0 Å². The van der Waals surface area contributed by atoms with Gasteiger partial charge in [0, 0.05) is 19.8 Å². The van der Waals surface area contributed by atoms with Crippen LogP contribution in [-0.2, 0) is 10.8 Å². The predicted molar refractivity (Wildman–Crippen MR) is 70.3 cm³/mol. The fourth-order valence-electron chi connectivity index (χ4n) is 1.06. The van der Waals surface area contributed by atoms with Gasteiger partial charge in [-0.2, -0.15) is 0 Å². The summed E-state index contributed by atoms with van der Waals surface area (Å²) in [5, 5.41) is 0.362. The highest BCUT2D eigenvalue weighted by Crippen LogP contribution is 2.22. The molecule has 0 aliphatic heterocycles. The molecule has 0 aliphatic carbocycles. The van der Waals surface area contributed by atoms with Gasteiger partial charge in [-0.1, -0.05) is 19.1 Å². The Morgan fingerprint density at radius 2 is 2.06 bits per heavy atom. The minimum atomic E-state index is -1.03. The average molecular weight is 257 g/mol. The zero-order valence-corrected chi connectivity index (χ0v) is 11.2. The Bertz CT molecular complexity index is 405. The first kappa shape index (κ1) is 13.1. The number of nitrogens with zero attached hydrogens (tertiary/aromatic N) is 1. The van der Waals surface area contributed by atoms with Crippen LogP contribution in [0.2, 0.25) is 0 Å². The summed E-state index contributed by atoms with van der Waals surface area (Å²) in [4.78, 5) is 2.38. The minimum absolute atomic E-state index is 0.362. The van der Waals surface area contributed by atoms with Crippen LogP contribution in [0.25, 0.3) is 0 Å². The van der Waals surface area contributed by atoms with Crippen LogP contribution in [0.5, 0.6) is 5.75 Å². The van der Waals surface area contributed by atoms with Gasteiger partial charge in [0.05, 0.1) is 15.7 Å². The molecule has 0 fully saturated rings. The van der Waals surface area contributed by atoms with E-state index in [9.17, 15) is 4.21 Å². The van der Waals surface area contributed by atoms with Crippen LogP contribution in [0.4, 0.5) is 0 Å². The molecule has 88 valence electrons. The monoisotopic (exact) mass is 257 g/mol. The molecule has 0 aromatic heterocycles. The standard InChI is InChI=1S/C11H15NO2S2/c1-4-16(13)10-8-6-5-7-9(10)14-11(15)12(2)3/h5-8H,4H2,1-3H3. The van der Waals surface area contributed by atoms with Crippen molar-refractivity contribution in [3.05, 3.63) is 24.3 Å². The molecular weight excluding hydrogens is 242 g/mol. The number of benzene rings is 1. The van der Waals surface area contributed by atoms with Crippen LogP contribution in [-0.4, -0.2) is 34.1 Å². The Kier molecular flexibility index (Phi) is 4.89. The SMILES string of the molecule is CCS(=O)c1ccccc1OC(=S)N(C)C. The zero-order chi connectivity index (χ0) is 12.1. The van der Waals surface area contributed by atoms with Crippen molar-refractivity contribution >= 4 is 28.2 Å². The molecule has 1 aromatic carbocycles. The molecule has 1 unspecified atom stereocenters. The fourth-order valence-corrected chi connectivity index (χ4v) is 2.03. The topological polar surface area (TPSA) is 29.5 Å². The smallest absolute Gasteiger partial charge is 0.264 e. The second-order valence-corrected chi connectivity index (χ2v) is 5.40. The Labute approximate surface area is 104 Å². The van der Waals surface area contributed by atoms with Crippen molar-refractivity contribution in [3.63, 3.8) is 0 Å². The lowest BCUT2D eigenvalue weighted by molar-refractivity contribution is 0.442. The van der Waals surface area contributed by atoms with Gasteiger partial charge in [-0.3, -0.25) is 4.21 Å². The predicted octanol–water partition coefficient (Wildman–Crippen LogP) is 2.04. The van der Waals surface area contributed by atoms with Crippen LogP contribution in [0.1, 0.15) is 6.92 Å². The Morgan fingerprint density at radius 3 is 2.62 bits per heavy atom. The van der Waals surface area contributed by atoms with E-state index >= 15 is 0 Å². The molecule has 3 nitrogen and oxygen atoms in total. The van der Waals surface area contributed by atoms with Crippen molar-refractivity contribution in [1.82, 2.24) is 4.90 Å². The van der Waals surface area contributed by atoms with E-state index in [-0.39, 0.29) is 0 Å². The van der Waals surface area contributed by atoms with Crippen molar-refractivity contribution in [2.24, 2.45) is 0 Å². The third kappa shape index (κ3) is 3.28. The summed E-state index contributed by atoms with van der Waals surface area (Å²) < 4.78 is 17.3. The van der Waals surface area contributed by atoms with Crippen LogP contribution in [0.3, 0.4) is 0 Å². The summed E-state index contributed by atoms with van der Waals surface area (Å²) in [5.41, 5.74) is 0. The molecule has 1 rings (SSSR count). The molecule has 1 aromatic rings. The van der Waals surface area contributed by atoms with E-state index in [1.165, 1.54) is 0 Å². The first-order chi connectivity index (χ1) is 7.56. The third-order valence-electron chi connectivity index (χ3n) is 1.92. The van der Waals surface area contributed by atoms with E-state index in [2.05, 4.69) is 0 Å². The number of ether oxygens (including phenoxy) is 1. The molecule has 0 bridgehead atoms. The molecule has 0 spiro atoms. The van der Waals surface area contributed by atoms with Gasteiger partial charge >= 0.3 is 0 Å². The summed E-state index contributed by atoms with van der Waals surface area (Å²) in [5.74, 6) is 1.14. The van der Waals surface area contributed by atoms with E-state index in [0.717, 1.165) is 0 Å². The van der Waals surface area contributed by atoms with Gasteiger partial charge in [-0.05, 0) is 24.4 Å². The molecule has 0 heterocycles. The lowest BCUT2D eigenvalue weighted by Gasteiger charge is -2.15. The van der Waals surface area contributed by atoms with E-state index in [0.29, 0.717) is 21.6 Å². The maximum atomic E-state index is 11.8. The third-order valence-corrected chi connectivity index (χ3v) is 3.72. The minimum Gasteiger partial charge on any atom is -0.431 e. The molecule has 0 aliphatic rings. The molecule has 1 atom stereocenters. The Balaban J connectivity index is 2.95. The van der Waals surface area contributed by atoms with Gasteiger partial charge in [0.2, 0.25) is 0 Å². The number of para-hydroxylation sites is 1. The highest BCUT2D eigenvalue weighted by atomic mass is 32.2. The van der Waals surface area contributed by atoms with Gasteiger partial charge in [0.25, 0.3) is 5.17 Å². The van der Waals surface area contributed by atoms with Crippen molar-refractivity contribution in [1.29, 1.82) is 0 Å². The molecule has 5 heteroatoms. The summed E-state index contributed by atoms with van der Waals surface area (Å²) >= 11 is 5.05. The molecular formula is C11H15NO2S2. The molecule has 0 amide bonds. The maximum Gasteiger partial charge on any atom is 0.264 e. The zero-order valence-electron chi connectivity index (χ0n) is 9.60. The van der Waals surface area contributed by atoms with Crippen molar-refractivity contribution < 1.29 is 8.95 Å². The van der Waals surface area contributed by atoms with Gasteiger partial charge in [-0.15, -0.1) is 0 Å². The van der Waals surface area contributed by atoms with E-state index in [4.69, 9.17) is 17.0 Å². The average Bonchev–Trinajstić information content (AvgIpc) is 2.28. The Morgan fingerprint density at radius 1 is 1.44 bits per heavy atom. The molecule has 0 radical (unpaired) electrons. The largest absolute Gasteiger partial charge is 0.431 e. The van der Waals surface area contributed by atoms with Gasteiger partial charge in [0.15, 0.2) is 0 Å². The van der Waals surface area contributed by atoms with E-state index < -0.39 is 10.8 Å². The quantitative estimate of drug-likeness (QED) is 0.775. The fraction of sp³-hybridized carbons (Fsp3) is 0.364. The van der Waals surface area contributed by atoms with E-state index in [1.807, 2.05) is 33.2 Å². The van der Waals surface area contributed by atoms with Crippen molar-refractivity contribution in [2.45, 2.75) is 11.8 Å². The highest BCUT2D eigenvalue weighted by molar-refractivity contribution is 7.85. The molecule has 16 heavy (non-hydrogen) atoms. The Hall–Kier alpha value is -0.940. The number of rotatable bonds is 3. The second kappa shape index (κ2) is 5.96. The van der Waals surface area contributed by atoms with Crippen molar-refractivity contribution in [3.8, 4) is 5.75 Å². The summed E-state index contributed by atoms with van der Waals surface area (Å²) in [6.07, 6.45) is 0. The number of hydrogen-bond donors (Lipinski definition) is 0. The highest BCUT2D eigenvalue weighted by Gasteiger charge is 2.11. The number of hydrogen-bond acceptors (Lipinski definition) is 3. The first-order valence-corrected chi connectivity index (χ1v) is 6.65. The second-order valence-electron chi connectivity index (χ2n) is 3.34. The lowest BCUT2D eigenvalue weighted by atomic mass is 10.3. The van der Waals surface area contributed by atoms with Crippen LogP contribution < -0.4 is 4.74 Å². The van der Waals surface area contributed by atoms with Crippen molar-refractivity contribution in [2.75, 3.05) is 19.8 Å². The maximum absolute atomic E-state index is 11.8. The van der Waals surface area contributed by atoms with Crippen LogP contribution >= 0.6 is 12.2 Å². The summed E-state index contributed by atoms with van der Waals surface area (Å²) in [6, 6.07) is 7.25. The first-order valence-electron chi connectivity index (χ1n) is 4.92. The summed E-state index contributed by atoms with van der Waals surface area (Å²) in [6.45, 7) is 1.87. The van der Waals surface area contributed by atoms with Gasteiger partial charge in [0.1, 0.15) is 5.75 Å². The van der Waals surface area contributed by atoms with Gasteiger partial charge in [-0.25, -0.2) is 0 Å². The normalized spacial score (nSPS) is 11.9. The number of thiocarbonyl (C=S) groups is 1. The lowest BCUT2D eigenvalue weighted by Crippen LogP contribution is -2.25. The molecule has 0 saturated carbocycles. The van der Waals surface area contributed by atoms with Gasteiger partial charge < -0.3 is 9.64 Å². The van der Waals surface area contributed by atoms with E-state index in [1.54, 1.807) is 17.0 Å². The molecule has 0 saturated heterocycles. The molecule has 0 N–H and O–H groups in total. The van der Waals surface area contributed by atoms with Crippen LogP contribution in [0.15, 0.2) is 29.2 Å². The summed E-state index contributed by atoms with van der Waals surface area (Å²) in [7, 11) is 2.58.